The van der Waals surface area contributed by atoms with Crippen molar-refractivity contribution >= 4 is 5.91 Å². The van der Waals surface area contributed by atoms with Crippen LogP contribution in [0.1, 0.15) is 11.1 Å². The van der Waals surface area contributed by atoms with Crippen molar-refractivity contribution in [2.45, 2.75) is 13.3 Å². The minimum Gasteiger partial charge on any atom is -0.369 e. The lowest BCUT2D eigenvalue weighted by Gasteiger charge is -2.14. The molecule has 82 valence electrons. The first-order chi connectivity index (χ1) is 7.09. The highest BCUT2D eigenvalue weighted by Gasteiger charge is 2.03. The van der Waals surface area contributed by atoms with Crippen LogP contribution >= 0.6 is 0 Å². The molecule has 3 heteroatoms. The average molecular weight is 206 g/mol. The highest BCUT2D eigenvalue weighted by Crippen LogP contribution is 2.07. The molecule has 1 aromatic rings. The van der Waals surface area contributed by atoms with Crippen LogP contribution in [0.5, 0.6) is 0 Å². The minimum atomic E-state index is -0.276. The lowest BCUT2D eigenvalue weighted by molar-refractivity contribution is -0.118. The summed E-state index contributed by atoms with van der Waals surface area (Å²) in [4.78, 5) is 12.6. The van der Waals surface area contributed by atoms with Gasteiger partial charge in [0.2, 0.25) is 5.91 Å². The minimum absolute atomic E-state index is 0.276. The molecule has 0 aliphatic rings. The number of carbonyl (C=O) groups excluding carboxylic acids is 1. The summed E-state index contributed by atoms with van der Waals surface area (Å²) in [6, 6.07) is 8.29. The molecule has 0 fully saturated rings. The van der Waals surface area contributed by atoms with Crippen molar-refractivity contribution in [3.8, 4) is 0 Å². The topological polar surface area (TPSA) is 46.3 Å². The summed E-state index contributed by atoms with van der Waals surface area (Å²) in [6.07, 6.45) is 0.955. The van der Waals surface area contributed by atoms with Crippen LogP contribution in [0.25, 0.3) is 0 Å². The Balaban J connectivity index is 2.43. The molecule has 1 rings (SSSR count). The molecule has 2 N–H and O–H groups in total. The van der Waals surface area contributed by atoms with E-state index in [1.54, 1.807) is 0 Å². The van der Waals surface area contributed by atoms with E-state index in [1.165, 1.54) is 11.1 Å². The van der Waals surface area contributed by atoms with Gasteiger partial charge in [-0.05, 0) is 31.5 Å². The summed E-state index contributed by atoms with van der Waals surface area (Å²) >= 11 is 0. The van der Waals surface area contributed by atoms with E-state index in [0.29, 0.717) is 6.54 Å². The second-order valence-corrected chi connectivity index (χ2v) is 3.88. The summed E-state index contributed by atoms with van der Waals surface area (Å²) in [5.74, 6) is -0.276. The molecule has 3 nitrogen and oxygen atoms in total. The quantitative estimate of drug-likeness (QED) is 0.779. The predicted octanol–water partition coefficient (Wildman–Crippen LogP) is 0.955. The molecule has 15 heavy (non-hydrogen) atoms. The standard InChI is InChI=1S/C12H18N2O/c1-10-5-3-4-6-11(10)7-8-14(2)9-12(13)15/h3-6H,7-9H2,1-2H3,(H2,13,15). The van der Waals surface area contributed by atoms with Crippen molar-refractivity contribution in [1.29, 1.82) is 0 Å². The molecule has 0 aliphatic carbocycles. The van der Waals surface area contributed by atoms with Crippen molar-refractivity contribution in [2.75, 3.05) is 20.1 Å². The molecular weight excluding hydrogens is 188 g/mol. The number of carbonyl (C=O) groups is 1. The first-order valence-corrected chi connectivity index (χ1v) is 5.11. The van der Waals surface area contributed by atoms with Gasteiger partial charge in [0.25, 0.3) is 0 Å². The van der Waals surface area contributed by atoms with Crippen molar-refractivity contribution < 1.29 is 4.79 Å². The molecule has 0 heterocycles. The molecular formula is C12H18N2O. The van der Waals surface area contributed by atoms with Crippen LogP contribution in [-0.4, -0.2) is 30.9 Å². The zero-order valence-corrected chi connectivity index (χ0v) is 9.36. The number of benzene rings is 1. The monoisotopic (exact) mass is 206 g/mol. The van der Waals surface area contributed by atoms with Gasteiger partial charge in [-0.2, -0.15) is 0 Å². The normalized spacial score (nSPS) is 10.6. The predicted molar refractivity (Wildman–Crippen MR) is 61.6 cm³/mol. The van der Waals surface area contributed by atoms with Crippen LogP contribution in [0.15, 0.2) is 24.3 Å². The van der Waals surface area contributed by atoms with Crippen molar-refractivity contribution in [2.24, 2.45) is 5.73 Å². The van der Waals surface area contributed by atoms with Gasteiger partial charge >= 0.3 is 0 Å². The van der Waals surface area contributed by atoms with Crippen LogP contribution in [0.3, 0.4) is 0 Å². The maximum atomic E-state index is 10.7. The van der Waals surface area contributed by atoms with Gasteiger partial charge in [-0.25, -0.2) is 0 Å². The van der Waals surface area contributed by atoms with E-state index in [2.05, 4.69) is 19.1 Å². The Hall–Kier alpha value is -1.35. The third-order valence-electron chi connectivity index (χ3n) is 2.45. The van der Waals surface area contributed by atoms with Gasteiger partial charge in [0.1, 0.15) is 0 Å². The Kier molecular flexibility index (Phi) is 4.31. The molecule has 0 unspecified atom stereocenters. The molecule has 0 aliphatic heterocycles. The number of hydrogen-bond acceptors (Lipinski definition) is 2. The van der Waals surface area contributed by atoms with E-state index in [0.717, 1.165) is 13.0 Å². The molecule has 0 saturated heterocycles. The molecule has 0 spiro atoms. The number of amides is 1. The van der Waals surface area contributed by atoms with Gasteiger partial charge in [-0.3, -0.25) is 9.69 Å². The Labute approximate surface area is 90.9 Å². The van der Waals surface area contributed by atoms with Crippen LogP contribution in [0.2, 0.25) is 0 Å². The third-order valence-corrected chi connectivity index (χ3v) is 2.45. The SMILES string of the molecule is Cc1ccccc1CCN(C)CC(N)=O. The molecule has 0 saturated carbocycles. The van der Waals surface area contributed by atoms with Crippen molar-refractivity contribution in [1.82, 2.24) is 4.90 Å². The summed E-state index contributed by atoms with van der Waals surface area (Å²) in [7, 11) is 1.91. The maximum absolute atomic E-state index is 10.7. The van der Waals surface area contributed by atoms with Gasteiger partial charge in [0, 0.05) is 6.54 Å². The molecule has 0 bridgehead atoms. The van der Waals surface area contributed by atoms with E-state index in [9.17, 15) is 4.79 Å². The summed E-state index contributed by atoms with van der Waals surface area (Å²) in [5.41, 5.74) is 7.74. The van der Waals surface area contributed by atoms with E-state index in [1.807, 2.05) is 24.1 Å². The zero-order chi connectivity index (χ0) is 11.3. The molecule has 0 radical (unpaired) electrons. The smallest absolute Gasteiger partial charge is 0.231 e. The van der Waals surface area contributed by atoms with Gasteiger partial charge in [0.15, 0.2) is 0 Å². The fourth-order valence-electron chi connectivity index (χ4n) is 1.55. The molecule has 1 aromatic carbocycles. The second-order valence-electron chi connectivity index (χ2n) is 3.88. The first kappa shape index (κ1) is 11.7. The fourth-order valence-corrected chi connectivity index (χ4v) is 1.55. The van der Waals surface area contributed by atoms with Crippen molar-refractivity contribution in [3.05, 3.63) is 35.4 Å². The Morgan fingerprint density at radius 1 is 1.40 bits per heavy atom. The van der Waals surface area contributed by atoms with Crippen molar-refractivity contribution in [3.63, 3.8) is 0 Å². The van der Waals surface area contributed by atoms with E-state index >= 15 is 0 Å². The largest absolute Gasteiger partial charge is 0.369 e. The Bertz CT molecular complexity index is 336. The van der Waals surface area contributed by atoms with Crippen LogP contribution in [0, 0.1) is 6.92 Å². The number of aryl methyl sites for hydroxylation is 1. The number of likely N-dealkylation sites (N-methyl/N-ethyl adjacent to an activating group) is 1. The average Bonchev–Trinajstić information content (AvgIpc) is 2.15. The van der Waals surface area contributed by atoms with Gasteiger partial charge in [-0.15, -0.1) is 0 Å². The highest BCUT2D eigenvalue weighted by molar-refractivity contribution is 5.75. The fraction of sp³-hybridized carbons (Fsp3) is 0.417. The van der Waals surface area contributed by atoms with E-state index in [-0.39, 0.29) is 5.91 Å². The lowest BCUT2D eigenvalue weighted by Crippen LogP contribution is -2.32. The zero-order valence-electron chi connectivity index (χ0n) is 9.36. The lowest BCUT2D eigenvalue weighted by atomic mass is 10.1. The van der Waals surface area contributed by atoms with Gasteiger partial charge < -0.3 is 5.73 Å². The summed E-state index contributed by atoms with van der Waals surface area (Å²) in [5, 5.41) is 0. The third kappa shape index (κ3) is 4.13. The summed E-state index contributed by atoms with van der Waals surface area (Å²) in [6.45, 7) is 3.28. The molecule has 1 amide bonds. The van der Waals surface area contributed by atoms with Gasteiger partial charge in [0.05, 0.1) is 6.54 Å². The highest BCUT2D eigenvalue weighted by atomic mass is 16.1. The maximum Gasteiger partial charge on any atom is 0.231 e. The Morgan fingerprint density at radius 2 is 2.07 bits per heavy atom. The number of hydrogen-bond donors (Lipinski definition) is 1. The number of primary amides is 1. The second kappa shape index (κ2) is 5.51. The molecule has 0 aromatic heterocycles. The number of nitrogens with two attached hydrogens (primary N) is 1. The number of rotatable bonds is 5. The first-order valence-electron chi connectivity index (χ1n) is 5.11. The van der Waals surface area contributed by atoms with E-state index in [4.69, 9.17) is 5.73 Å². The number of nitrogens with zero attached hydrogens (tertiary/aromatic N) is 1. The van der Waals surface area contributed by atoms with Crippen LogP contribution in [-0.2, 0) is 11.2 Å². The summed E-state index contributed by atoms with van der Waals surface area (Å²) < 4.78 is 0. The van der Waals surface area contributed by atoms with Gasteiger partial charge in [-0.1, -0.05) is 24.3 Å². The van der Waals surface area contributed by atoms with Crippen LogP contribution < -0.4 is 5.73 Å². The van der Waals surface area contributed by atoms with Crippen LogP contribution in [0.4, 0.5) is 0 Å². The Morgan fingerprint density at radius 3 is 2.67 bits per heavy atom. The van der Waals surface area contributed by atoms with E-state index < -0.39 is 0 Å². The molecule has 0 atom stereocenters.